The molecule has 4 aromatic rings. The molecule has 0 aliphatic carbocycles. The second-order valence-corrected chi connectivity index (χ2v) is 8.33. The number of hydrogen-bond donors (Lipinski definition) is 1. The molecule has 0 unspecified atom stereocenters. The van der Waals surface area contributed by atoms with E-state index in [4.69, 9.17) is 11.6 Å². The Morgan fingerprint density at radius 2 is 1.35 bits per heavy atom. The summed E-state index contributed by atoms with van der Waals surface area (Å²) >= 11 is 5.83. The maximum atomic E-state index is 13.0. The van der Waals surface area contributed by atoms with E-state index >= 15 is 0 Å². The van der Waals surface area contributed by atoms with E-state index in [1.54, 1.807) is 42.5 Å². The highest BCUT2D eigenvalue weighted by molar-refractivity contribution is 7.92. The number of hydrogen-bond acceptors (Lipinski definition) is 3. The van der Waals surface area contributed by atoms with Gasteiger partial charge >= 0.3 is 0 Å². The molecule has 31 heavy (non-hydrogen) atoms. The van der Waals surface area contributed by atoms with Gasteiger partial charge < -0.3 is 0 Å². The Morgan fingerprint density at radius 1 is 0.839 bits per heavy atom. The molecular formula is C22H18ClF2N3O2S. The number of nitrogens with zero attached hydrogens (tertiary/aromatic N) is 2. The molecule has 0 aliphatic heterocycles. The van der Waals surface area contributed by atoms with Gasteiger partial charge in [0.05, 0.1) is 10.6 Å². The zero-order chi connectivity index (χ0) is 22.3. The van der Waals surface area contributed by atoms with Crippen molar-refractivity contribution in [2.75, 3.05) is 4.83 Å². The Hall–Kier alpha value is -3.23. The van der Waals surface area contributed by atoms with Crippen LogP contribution >= 0.6 is 11.6 Å². The summed E-state index contributed by atoms with van der Waals surface area (Å²) < 4.78 is 50.9. The third kappa shape index (κ3) is 6.13. The molecule has 0 radical (unpaired) electrons. The summed E-state index contributed by atoms with van der Waals surface area (Å²) in [6, 6.07) is 27.0. The van der Waals surface area contributed by atoms with E-state index in [1.165, 1.54) is 12.1 Å². The van der Waals surface area contributed by atoms with Gasteiger partial charge in [-0.25, -0.2) is 8.78 Å². The van der Waals surface area contributed by atoms with Gasteiger partial charge in [0.15, 0.2) is 0 Å². The predicted octanol–water partition coefficient (Wildman–Crippen LogP) is 5.76. The zero-order valence-electron chi connectivity index (χ0n) is 16.1. The highest BCUT2D eigenvalue weighted by Gasteiger charge is 2.21. The van der Waals surface area contributed by atoms with Gasteiger partial charge in [0.1, 0.15) is 5.69 Å². The van der Waals surface area contributed by atoms with Gasteiger partial charge in [0.25, 0.3) is 16.4 Å². The van der Waals surface area contributed by atoms with Gasteiger partial charge in [-0.15, -0.1) is 0 Å². The number of benzene rings is 3. The van der Waals surface area contributed by atoms with E-state index in [0.717, 1.165) is 10.9 Å². The van der Waals surface area contributed by atoms with Crippen LogP contribution in [0.1, 0.15) is 12.1 Å². The molecule has 0 amide bonds. The van der Waals surface area contributed by atoms with Crippen molar-refractivity contribution in [3.63, 3.8) is 0 Å². The lowest BCUT2D eigenvalue weighted by Crippen LogP contribution is -2.25. The number of aromatic nitrogens is 2. The summed E-state index contributed by atoms with van der Waals surface area (Å²) in [7, 11) is -3.98. The summed E-state index contributed by atoms with van der Waals surface area (Å²) in [6.07, 6.45) is -2.84. The normalized spacial score (nSPS) is 11.0. The summed E-state index contributed by atoms with van der Waals surface area (Å²) in [5.41, 5.74) is 0.117. The highest BCUT2D eigenvalue weighted by atomic mass is 35.5. The molecule has 1 aromatic heterocycles. The fourth-order valence-corrected chi connectivity index (χ4v) is 3.67. The van der Waals surface area contributed by atoms with Crippen molar-refractivity contribution in [1.82, 2.24) is 9.89 Å². The molecule has 5 nitrogen and oxygen atoms in total. The summed E-state index contributed by atoms with van der Waals surface area (Å²) in [4.78, 5) is 3.02. The van der Waals surface area contributed by atoms with Crippen LogP contribution in [-0.2, 0) is 10.0 Å². The first kappa shape index (κ1) is 22.5. The van der Waals surface area contributed by atoms with Gasteiger partial charge in [0, 0.05) is 10.6 Å². The smallest absolute Gasteiger partial charge is 0.203 e. The van der Waals surface area contributed by atoms with Gasteiger partial charge in [-0.1, -0.05) is 78.3 Å². The highest BCUT2D eigenvalue weighted by Crippen LogP contribution is 2.26. The molecular weight excluding hydrogens is 444 g/mol. The van der Waals surface area contributed by atoms with Crippen LogP contribution in [0.2, 0.25) is 5.02 Å². The molecule has 0 bridgehead atoms. The molecule has 0 saturated carbocycles. The molecule has 3 aromatic carbocycles. The van der Waals surface area contributed by atoms with Crippen LogP contribution in [0, 0.1) is 0 Å². The van der Waals surface area contributed by atoms with E-state index in [2.05, 4.69) is 9.93 Å². The Labute approximate surface area is 183 Å². The predicted molar refractivity (Wildman–Crippen MR) is 117 cm³/mol. The van der Waals surface area contributed by atoms with Crippen LogP contribution in [0.15, 0.2) is 102 Å². The lowest BCUT2D eigenvalue weighted by molar-refractivity contribution is 0.145. The van der Waals surface area contributed by atoms with E-state index in [-0.39, 0.29) is 10.6 Å². The Morgan fingerprint density at radius 3 is 1.87 bits per heavy atom. The second-order valence-electron chi connectivity index (χ2n) is 6.24. The topological polar surface area (TPSA) is 64.0 Å². The summed E-state index contributed by atoms with van der Waals surface area (Å²) in [5.74, 6) is 0. The maximum Gasteiger partial charge on any atom is 0.282 e. The second kappa shape index (κ2) is 10.2. The van der Waals surface area contributed by atoms with Gasteiger partial charge in [-0.2, -0.15) is 23.1 Å². The standard InChI is InChI=1S/C16H12ClF2N3O2S.C6H6/c17-12-8-6-11(7-9-12)15-10-14(16(18)19)20-22(15)21-25(23,24)13-4-2-1-3-5-13;1-2-4-6-5-3-1/h1-10,16,21H;1-6H. The Balaban J connectivity index is 0.000000391. The minimum absolute atomic E-state index is 0.00819. The van der Waals surface area contributed by atoms with Crippen molar-refractivity contribution >= 4 is 21.6 Å². The third-order valence-electron chi connectivity index (χ3n) is 4.02. The molecule has 9 heteroatoms. The minimum atomic E-state index is -3.98. The first-order chi connectivity index (χ1) is 14.9. The number of nitrogens with one attached hydrogen (secondary N) is 1. The fraction of sp³-hybridized carbons (Fsp3) is 0.0455. The van der Waals surface area contributed by atoms with E-state index in [1.807, 2.05) is 36.4 Å². The minimum Gasteiger partial charge on any atom is -0.203 e. The fourth-order valence-electron chi connectivity index (χ4n) is 2.55. The first-order valence-corrected chi connectivity index (χ1v) is 10.9. The molecule has 4 rings (SSSR count). The molecule has 0 spiro atoms. The number of alkyl halides is 2. The summed E-state index contributed by atoms with van der Waals surface area (Å²) in [5, 5.41) is 4.13. The van der Waals surface area contributed by atoms with E-state index in [9.17, 15) is 17.2 Å². The van der Waals surface area contributed by atoms with Crippen molar-refractivity contribution in [3.8, 4) is 11.3 Å². The molecule has 1 N–H and O–H groups in total. The lowest BCUT2D eigenvalue weighted by Gasteiger charge is -2.11. The van der Waals surface area contributed by atoms with Crippen LogP contribution in [0.3, 0.4) is 0 Å². The van der Waals surface area contributed by atoms with Gasteiger partial charge in [0.2, 0.25) is 0 Å². The molecule has 0 saturated heterocycles. The summed E-state index contributed by atoms with van der Waals surface area (Å²) in [6.45, 7) is 0. The van der Waals surface area contributed by atoms with Crippen molar-refractivity contribution in [3.05, 3.63) is 108 Å². The molecule has 0 fully saturated rings. The van der Waals surface area contributed by atoms with Crippen molar-refractivity contribution in [2.45, 2.75) is 11.3 Å². The monoisotopic (exact) mass is 461 g/mol. The Bertz CT molecular complexity index is 1170. The molecule has 160 valence electrons. The van der Waals surface area contributed by atoms with Gasteiger partial charge in [-0.3, -0.25) is 0 Å². The SMILES string of the molecule is O=S(=O)(Nn1nc(C(F)F)cc1-c1ccc(Cl)cc1)c1ccccc1.c1ccccc1. The van der Waals surface area contributed by atoms with Crippen molar-refractivity contribution < 1.29 is 17.2 Å². The van der Waals surface area contributed by atoms with Crippen LogP contribution in [0.5, 0.6) is 0 Å². The van der Waals surface area contributed by atoms with Crippen molar-refractivity contribution in [1.29, 1.82) is 0 Å². The average molecular weight is 462 g/mol. The zero-order valence-corrected chi connectivity index (χ0v) is 17.6. The van der Waals surface area contributed by atoms with E-state index < -0.39 is 22.1 Å². The molecule has 0 atom stereocenters. The van der Waals surface area contributed by atoms with Crippen LogP contribution in [-0.4, -0.2) is 18.3 Å². The number of sulfonamides is 1. The lowest BCUT2D eigenvalue weighted by atomic mass is 10.1. The van der Waals surface area contributed by atoms with Gasteiger partial charge in [-0.05, 0) is 30.3 Å². The van der Waals surface area contributed by atoms with E-state index in [0.29, 0.717) is 10.6 Å². The van der Waals surface area contributed by atoms with Crippen LogP contribution < -0.4 is 4.83 Å². The number of rotatable bonds is 5. The van der Waals surface area contributed by atoms with Crippen LogP contribution in [0.4, 0.5) is 8.78 Å². The first-order valence-electron chi connectivity index (χ1n) is 9.09. The maximum absolute atomic E-state index is 13.0. The third-order valence-corrected chi connectivity index (χ3v) is 5.58. The quantitative estimate of drug-likeness (QED) is 0.411. The average Bonchev–Trinajstić information content (AvgIpc) is 3.20. The largest absolute Gasteiger partial charge is 0.282 e. The Kier molecular flexibility index (Phi) is 7.38. The van der Waals surface area contributed by atoms with Crippen molar-refractivity contribution in [2.24, 2.45) is 0 Å². The number of halogens is 3. The molecule has 0 aliphatic rings. The van der Waals surface area contributed by atoms with Crippen LogP contribution in [0.25, 0.3) is 11.3 Å². The molecule has 1 heterocycles.